The Morgan fingerprint density at radius 1 is 0.769 bits per heavy atom. The molecule has 1 fully saturated rings. The van der Waals surface area contributed by atoms with Crippen LogP contribution in [0.1, 0.15) is 11.1 Å². The minimum absolute atomic E-state index is 0. The van der Waals surface area contributed by atoms with Crippen LogP contribution in [0.4, 0.5) is 0 Å². The first-order valence-electron chi connectivity index (χ1n) is 8.83. The molecule has 0 aliphatic carbocycles. The molecule has 0 saturated carbocycles. The van der Waals surface area contributed by atoms with E-state index in [0.29, 0.717) is 0 Å². The summed E-state index contributed by atoms with van der Waals surface area (Å²) >= 11 is 0. The highest BCUT2D eigenvalue weighted by atomic mass is 35.5. The van der Waals surface area contributed by atoms with Gasteiger partial charge in [-0.2, -0.15) is 0 Å². The average Bonchev–Trinajstić information content (AvgIpc) is 2.65. The van der Waals surface area contributed by atoms with Crippen LogP contribution in [0, 0.1) is 11.8 Å². The summed E-state index contributed by atoms with van der Waals surface area (Å²) in [6, 6.07) is 20.8. The Kier molecular flexibility index (Phi) is 10.8. The van der Waals surface area contributed by atoms with Gasteiger partial charge in [-0.25, -0.2) is 0 Å². The molecular weight excluding hydrogens is 363 g/mol. The van der Waals surface area contributed by atoms with Crippen LogP contribution in [0.25, 0.3) is 6.08 Å². The lowest BCUT2D eigenvalue weighted by Crippen LogP contribution is -3.28. The predicted molar refractivity (Wildman–Crippen MR) is 99.9 cm³/mol. The smallest absolute Gasteiger partial charge is 0.140 e. The largest absolute Gasteiger partial charge is 1.00 e. The van der Waals surface area contributed by atoms with Crippen molar-refractivity contribution in [3.8, 4) is 11.8 Å². The molecule has 0 unspecified atom stereocenters. The molecule has 4 heteroatoms. The lowest BCUT2D eigenvalue weighted by Gasteiger charge is -2.27. The fraction of sp³-hybridized carbons (Fsp3) is 0.273. The first kappa shape index (κ1) is 22.3. The van der Waals surface area contributed by atoms with E-state index in [1.54, 1.807) is 9.80 Å². The number of piperazine rings is 1. The van der Waals surface area contributed by atoms with Crippen LogP contribution < -0.4 is 34.6 Å². The second kappa shape index (κ2) is 12.6. The van der Waals surface area contributed by atoms with Gasteiger partial charge in [-0.15, -0.1) is 0 Å². The summed E-state index contributed by atoms with van der Waals surface area (Å²) < 4.78 is 0. The minimum atomic E-state index is 0. The second-order valence-electron chi connectivity index (χ2n) is 6.36. The molecule has 2 aromatic rings. The topological polar surface area (TPSA) is 8.88 Å². The Morgan fingerprint density at radius 3 is 2.00 bits per heavy atom. The van der Waals surface area contributed by atoms with Crippen LogP contribution >= 0.6 is 0 Å². The van der Waals surface area contributed by atoms with Gasteiger partial charge in [0.15, 0.2) is 0 Å². The standard InChI is InChI=1S/C22H24N2.2ClH/c1-3-9-21(10-4-1)13-7-15-23-17-19-24(20-18-23)16-8-14-22-11-5-2-6-12-22;;/h1-7,9-13H,15-20H2;2*1H. The summed E-state index contributed by atoms with van der Waals surface area (Å²) in [7, 11) is 0. The van der Waals surface area contributed by atoms with E-state index in [1.807, 2.05) is 18.2 Å². The van der Waals surface area contributed by atoms with Gasteiger partial charge in [0.05, 0.1) is 6.54 Å². The van der Waals surface area contributed by atoms with Crippen molar-refractivity contribution in [2.45, 2.75) is 0 Å². The number of hydrogen-bond donors (Lipinski definition) is 2. The van der Waals surface area contributed by atoms with Gasteiger partial charge in [-0.1, -0.05) is 60.5 Å². The summed E-state index contributed by atoms with van der Waals surface area (Å²) in [5.74, 6) is 6.61. The van der Waals surface area contributed by atoms with Crippen LogP contribution in [0.2, 0.25) is 0 Å². The van der Waals surface area contributed by atoms with Gasteiger partial charge in [0.25, 0.3) is 0 Å². The van der Waals surface area contributed by atoms with Crippen LogP contribution in [-0.2, 0) is 0 Å². The monoisotopic (exact) mass is 388 g/mol. The fourth-order valence-electron chi connectivity index (χ4n) is 3.06. The molecule has 3 rings (SSSR count). The van der Waals surface area contributed by atoms with E-state index in [1.165, 1.54) is 31.7 Å². The second-order valence-corrected chi connectivity index (χ2v) is 6.36. The van der Waals surface area contributed by atoms with Crippen molar-refractivity contribution in [3.05, 3.63) is 77.9 Å². The summed E-state index contributed by atoms with van der Waals surface area (Å²) in [4.78, 5) is 3.30. The summed E-state index contributed by atoms with van der Waals surface area (Å²) in [5.41, 5.74) is 2.41. The molecule has 1 saturated heterocycles. The number of rotatable bonds is 4. The van der Waals surface area contributed by atoms with Gasteiger partial charge < -0.3 is 34.6 Å². The molecule has 1 aliphatic heterocycles. The Morgan fingerprint density at radius 2 is 1.35 bits per heavy atom. The van der Waals surface area contributed by atoms with Gasteiger partial charge in [0.1, 0.15) is 32.7 Å². The zero-order valence-electron chi connectivity index (χ0n) is 14.9. The normalized spacial score (nSPS) is 18.9. The molecule has 1 aliphatic rings. The molecule has 2 aromatic carbocycles. The van der Waals surface area contributed by atoms with E-state index < -0.39 is 0 Å². The van der Waals surface area contributed by atoms with Gasteiger partial charge in [-0.05, 0) is 29.7 Å². The Bertz CT molecular complexity index is 697. The fourth-order valence-corrected chi connectivity index (χ4v) is 3.06. The van der Waals surface area contributed by atoms with E-state index in [0.717, 1.165) is 18.7 Å². The number of benzene rings is 2. The average molecular weight is 389 g/mol. The first-order chi connectivity index (χ1) is 11.9. The molecule has 0 bridgehead atoms. The molecule has 1 heterocycles. The van der Waals surface area contributed by atoms with Crippen molar-refractivity contribution in [2.24, 2.45) is 0 Å². The maximum Gasteiger partial charge on any atom is 0.140 e. The van der Waals surface area contributed by atoms with Crippen molar-refractivity contribution in [1.29, 1.82) is 0 Å². The van der Waals surface area contributed by atoms with Gasteiger partial charge in [-0.3, -0.25) is 0 Å². The van der Waals surface area contributed by atoms with Crippen LogP contribution in [-0.4, -0.2) is 39.3 Å². The summed E-state index contributed by atoms with van der Waals surface area (Å²) in [5, 5.41) is 0. The van der Waals surface area contributed by atoms with Crippen molar-refractivity contribution in [2.75, 3.05) is 39.3 Å². The predicted octanol–water partition coefficient (Wildman–Crippen LogP) is -5.46. The highest BCUT2D eigenvalue weighted by molar-refractivity contribution is 5.48. The maximum atomic E-state index is 3.34. The van der Waals surface area contributed by atoms with Crippen molar-refractivity contribution in [1.82, 2.24) is 0 Å². The molecular formula is C22H26Cl2N2. The zero-order valence-corrected chi connectivity index (χ0v) is 16.4. The van der Waals surface area contributed by atoms with Gasteiger partial charge in [0.2, 0.25) is 0 Å². The SMILES string of the molecule is C(#Cc1ccccc1)C[NH+]1CC[NH+](CC=Cc2ccccc2)CC1.[Cl-].[Cl-]. The van der Waals surface area contributed by atoms with E-state index in [9.17, 15) is 0 Å². The van der Waals surface area contributed by atoms with E-state index >= 15 is 0 Å². The molecule has 0 amide bonds. The van der Waals surface area contributed by atoms with Crippen molar-refractivity contribution >= 4 is 6.08 Å². The molecule has 2 N–H and O–H groups in total. The number of nitrogens with one attached hydrogen (secondary N) is 2. The lowest BCUT2D eigenvalue weighted by molar-refractivity contribution is -1.01. The van der Waals surface area contributed by atoms with E-state index in [-0.39, 0.29) is 24.8 Å². The van der Waals surface area contributed by atoms with Crippen molar-refractivity contribution < 1.29 is 34.6 Å². The Balaban J connectivity index is 0.00000169. The van der Waals surface area contributed by atoms with Crippen LogP contribution in [0.3, 0.4) is 0 Å². The zero-order chi connectivity index (χ0) is 16.5. The third-order valence-electron chi connectivity index (χ3n) is 4.53. The molecule has 26 heavy (non-hydrogen) atoms. The van der Waals surface area contributed by atoms with Crippen LogP contribution in [0.5, 0.6) is 0 Å². The van der Waals surface area contributed by atoms with Crippen LogP contribution in [0.15, 0.2) is 66.7 Å². The Hall–Kier alpha value is -1.76. The van der Waals surface area contributed by atoms with Gasteiger partial charge >= 0.3 is 0 Å². The summed E-state index contributed by atoms with van der Waals surface area (Å²) in [6.45, 7) is 7.00. The van der Waals surface area contributed by atoms with E-state index in [4.69, 9.17) is 0 Å². The highest BCUT2D eigenvalue weighted by Crippen LogP contribution is 1.99. The summed E-state index contributed by atoms with van der Waals surface area (Å²) in [6.07, 6.45) is 4.54. The number of quaternary nitrogens is 2. The molecule has 138 valence electrons. The Labute approximate surface area is 169 Å². The third kappa shape index (κ3) is 7.64. The lowest BCUT2D eigenvalue weighted by atomic mass is 10.2. The molecule has 0 radical (unpaired) electrons. The van der Waals surface area contributed by atoms with Gasteiger partial charge in [0, 0.05) is 5.56 Å². The minimum Gasteiger partial charge on any atom is -1.00 e. The first-order valence-corrected chi connectivity index (χ1v) is 8.83. The number of halogens is 2. The molecule has 0 spiro atoms. The molecule has 0 atom stereocenters. The maximum absolute atomic E-state index is 3.34. The molecule has 0 aromatic heterocycles. The van der Waals surface area contributed by atoms with E-state index in [2.05, 4.69) is 66.5 Å². The third-order valence-corrected chi connectivity index (χ3v) is 4.53. The molecule has 2 nitrogen and oxygen atoms in total. The highest BCUT2D eigenvalue weighted by Gasteiger charge is 2.20. The quantitative estimate of drug-likeness (QED) is 0.483. The number of hydrogen-bond acceptors (Lipinski definition) is 0. The van der Waals surface area contributed by atoms with Crippen molar-refractivity contribution in [3.63, 3.8) is 0 Å².